The number of aromatic nitrogens is 4. The molecule has 2 aromatic heterocycles. The molecule has 0 unspecified atom stereocenters. The molecule has 2 heterocycles. The Morgan fingerprint density at radius 1 is 1.35 bits per heavy atom. The van der Waals surface area contributed by atoms with Gasteiger partial charge in [0.1, 0.15) is 24.1 Å². The molecule has 0 radical (unpaired) electrons. The van der Waals surface area contributed by atoms with Crippen molar-refractivity contribution in [3.05, 3.63) is 37.0 Å². The van der Waals surface area contributed by atoms with Gasteiger partial charge in [-0.15, -0.1) is 6.58 Å². The Morgan fingerprint density at radius 2 is 2.15 bits per heavy atom. The molecule has 3 atom stereocenters. The monoisotopic (exact) mass is 273 g/mol. The highest BCUT2D eigenvalue weighted by Crippen LogP contribution is 2.33. The van der Waals surface area contributed by atoms with Crippen molar-refractivity contribution in [2.75, 3.05) is 5.73 Å². The summed E-state index contributed by atoms with van der Waals surface area (Å²) in [6.07, 6.45) is 5.07. The van der Waals surface area contributed by atoms with E-state index in [1.807, 2.05) is 6.08 Å². The Morgan fingerprint density at radius 3 is 2.90 bits per heavy atom. The molecular formula is C13H15N5O2. The summed E-state index contributed by atoms with van der Waals surface area (Å²) in [4.78, 5) is 12.2. The average Bonchev–Trinajstić information content (AvgIpc) is 2.97. The standard InChI is InChI=1S/C13H15N5O2/c1-2-3-7-4-8(11(20)10(7)19)18-6-17-9-12(14)15-5-16-13(9)18/h2,4-6,8,10-11,19-20H,1,3H2,(H2,14,15,16)/t8-,10-,11+/m1/s1. The normalized spacial score (nSPS) is 25.9. The van der Waals surface area contributed by atoms with Crippen molar-refractivity contribution in [3.8, 4) is 0 Å². The maximum atomic E-state index is 10.2. The summed E-state index contributed by atoms with van der Waals surface area (Å²) in [5, 5.41) is 20.2. The van der Waals surface area contributed by atoms with Gasteiger partial charge in [-0.2, -0.15) is 0 Å². The van der Waals surface area contributed by atoms with Gasteiger partial charge in [0, 0.05) is 0 Å². The minimum Gasteiger partial charge on any atom is -0.388 e. The largest absolute Gasteiger partial charge is 0.388 e. The fraction of sp³-hybridized carbons (Fsp3) is 0.308. The van der Waals surface area contributed by atoms with Gasteiger partial charge >= 0.3 is 0 Å². The zero-order valence-corrected chi connectivity index (χ0v) is 10.7. The quantitative estimate of drug-likeness (QED) is 0.688. The van der Waals surface area contributed by atoms with E-state index in [1.54, 1.807) is 17.0 Å². The van der Waals surface area contributed by atoms with Crippen molar-refractivity contribution in [2.45, 2.75) is 24.7 Å². The number of nitrogens with two attached hydrogens (primary N) is 1. The molecule has 0 saturated heterocycles. The van der Waals surface area contributed by atoms with Crippen LogP contribution in [-0.2, 0) is 0 Å². The van der Waals surface area contributed by atoms with Crippen LogP contribution in [0.5, 0.6) is 0 Å². The number of allylic oxidation sites excluding steroid dienone is 1. The number of fused-ring (bicyclic) bond motifs is 1. The number of rotatable bonds is 3. The molecule has 0 amide bonds. The second-order valence-corrected chi connectivity index (χ2v) is 4.74. The van der Waals surface area contributed by atoms with Crippen LogP contribution in [0.2, 0.25) is 0 Å². The first-order valence-electron chi connectivity index (χ1n) is 6.24. The van der Waals surface area contributed by atoms with Gasteiger partial charge in [0.05, 0.1) is 12.4 Å². The Kier molecular flexibility index (Phi) is 3.00. The van der Waals surface area contributed by atoms with Gasteiger partial charge < -0.3 is 20.5 Å². The first kappa shape index (κ1) is 12.8. The van der Waals surface area contributed by atoms with Crippen LogP contribution in [0.15, 0.2) is 37.0 Å². The first-order valence-corrected chi connectivity index (χ1v) is 6.24. The topological polar surface area (TPSA) is 110 Å². The maximum absolute atomic E-state index is 10.2. The van der Waals surface area contributed by atoms with Crippen molar-refractivity contribution in [1.29, 1.82) is 0 Å². The van der Waals surface area contributed by atoms with E-state index >= 15 is 0 Å². The van der Waals surface area contributed by atoms with E-state index in [9.17, 15) is 10.2 Å². The number of nitrogens with zero attached hydrogens (tertiary/aromatic N) is 4. The van der Waals surface area contributed by atoms with Gasteiger partial charge in [0.15, 0.2) is 11.5 Å². The lowest BCUT2D eigenvalue weighted by atomic mass is 10.1. The molecule has 0 spiro atoms. The van der Waals surface area contributed by atoms with Crippen molar-refractivity contribution in [1.82, 2.24) is 19.5 Å². The zero-order valence-electron chi connectivity index (χ0n) is 10.7. The highest BCUT2D eigenvalue weighted by Gasteiger charge is 2.35. The molecule has 0 bridgehead atoms. The van der Waals surface area contributed by atoms with E-state index in [-0.39, 0.29) is 5.82 Å². The Balaban J connectivity index is 2.07. The smallest absolute Gasteiger partial charge is 0.166 e. The van der Waals surface area contributed by atoms with Crippen molar-refractivity contribution >= 4 is 17.0 Å². The van der Waals surface area contributed by atoms with Crippen LogP contribution in [0.1, 0.15) is 12.5 Å². The number of aliphatic hydroxyl groups is 2. The summed E-state index contributed by atoms with van der Waals surface area (Å²) in [5.41, 5.74) is 7.49. The molecule has 7 nitrogen and oxygen atoms in total. The lowest BCUT2D eigenvalue weighted by Crippen LogP contribution is -2.29. The van der Waals surface area contributed by atoms with Crippen LogP contribution >= 0.6 is 0 Å². The Hall–Kier alpha value is -2.25. The molecule has 104 valence electrons. The number of hydrogen-bond acceptors (Lipinski definition) is 6. The van der Waals surface area contributed by atoms with E-state index in [0.717, 1.165) is 5.57 Å². The van der Waals surface area contributed by atoms with Crippen molar-refractivity contribution < 1.29 is 10.2 Å². The summed E-state index contributed by atoms with van der Waals surface area (Å²) in [5.74, 6) is 0.289. The van der Waals surface area contributed by atoms with E-state index < -0.39 is 18.2 Å². The molecule has 4 N–H and O–H groups in total. The molecule has 0 aliphatic heterocycles. The fourth-order valence-electron chi connectivity index (χ4n) is 2.51. The van der Waals surface area contributed by atoms with Gasteiger partial charge in [-0.3, -0.25) is 0 Å². The number of nitrogen functional groups attached to an aromatic ring is 1. The van der Waals surface area contributed by atoms with Crippen LogP contribution in [0.25, 0.3) is 11.2 Å². The predicted molar refractivity (Wildman–Crippen MR) is 73.7 cm³/mol. The summed E-state index contributed by atoms with van der Waals surface area (Å²) >= 11 is 0. The van der Waals surface area contributed by atoms with E-state index in [4.69, 9.17) is 5.73 Å². The van der Waals surface area contributed by atoms with E-state index in [2.05, 4.69) is 21.5 Å². The van der Waals surface area contributed by atoms with Gasteiger partial charge in [-0.1, -0.05) is 12.2 Å². The van der Waals surface area contributed by atoms with E-state index in [0.29, 0.717) is 17.6 Å². The molecule has 1 aliphatic rings. The number of aliphatic hydroxyl groups excluding tert-OH is 2. The maximum Gasteiger partial charge on any atom is 0.166 e. The Labute approximate surface area is 115 Å². The molecule has 7 heteroatoms. The number of hydrogen-bond donors (Lipinski definition) is 3. The fourth-order valence-corrected chi connectivity index (χ4v) is 2.51. The minimum atomic E-state index is -0.946. The SMILES string of the molecule is C=CCC1=C[C@@H](n2cnc3c(N)ncnc32)[C@H](O)[C@@H]1O. The van der Waals surface area contributed by atoms with Crippen LogP contribution in [-0.4, -0.2) is 41.9 Å². The lowest BCUT2D eigenvalue weighted by molar-refractivity contribution is 0.0321. The third-order valence-corrected chi connectivity index (χ3v) is 3.53. The second kappa shape index (κ2) is 4.69. The molecule has 3 rings (SSSR count). The zero-order chi connectivity index (χ0) is 14.3. The highest BCUT2D eigenvalue weighted by atomic mass is 16.3. The first-order chi connectivity index (χ1) is 9.63. The number of imidazole rings is 1. The van der Waals surface area contributed by atoms with Crippen LogP contribution < -0.4 is 5.73 Å². The molecule has 0 saturated carbocycles. The summed E-state index contributed by atoms with van der Waals surface area (Å²) in [6, 6.07) is -0.431. The van der Waals surface area contributed by atoms with Gasteiger partial charge in [0.2, 0.25) is 0 Å². The van der Waals surface area contributed by atoms with Gasteiger partial charge in [0.25, 0.3) is 0 Å². The minimum absolute atomic E-state index is 0.289. The van der Waals surface area contributed by atoms with Crippen molar-refractivity contribution in [3.63, 3.8) is 0 Å². The molecule has 2 aromatic rings. The average molecular weight is 273 g/mol. The van der Waals surface area contributed by atoms with E-state index in [1.165, 1.54) is 6.33 Å². The predicted octanol–water partition coefficient (Wildman–Crippen LogP) is 0.187. The molecule has 1 aliphatic carbocycles. The van der Waals surface area contributed by atoms with Gasteiger partial charge in [-0.25, -0.2) is 15.0 Å². The molecule has 0 aromatic carbocycles. The highest BCUT2D eigenvalue weighted by molar-refractivity contribution is 5.81. The summed E-state index contributed by atoms with van der Waals surface area (Å²) < 4.78 is 1.69. The Bertz CT molecular complexity index is 693. The van der Waals surface area contributed by atoms with Crippen LogP contribution in [0, 0.1) is 0 Å². The van der Waals surface area contributed by atoms with Gasteiger partial charge in [-0.05, 0) is 12.0 Å². The van der Waals surface area contributed by atoms with Crippen molar-refractivity contribution in [2.24, 2.45) is 0 Å². The third-order valence-electron chi connectivity index (χ3n) is 3.53. The van der Waals surface area contributed by atoms with Crippen LogP contribution in [0.4, 0.5) is 5.82 Å². The lowest BCUT2D eigenvalue weighted by Gasteiger charge is -2.18. The number of anilines is 1. The third kappa shape index (κ3) is 1.79. The summed E-state index contributed by atoms with van der Waals surface area (Å²) in [6.45, 7) is 3.64. The molecule has 20 heavy (non-hydrogen) atoms. The summed E-state index contributed by atoms with van der Waals surface area (Å²) in [7, 11) is 0. The van der Waals surface area contributed by atoms with Crippen LogP contribution in [0.3, 0.4) is 0 Å². The second-order valence-electron chi connectivity index (χ2n) is 4.74. The molecule has 0 fully saturated rings. The molecular weight excluding hydrogens is 258 g/mol.